The van der Waals surface area contributed by atoms with E-state index in [9.17, 15) is 10.1 Å². The van der Waals surface area contributed by atoms with Crippen molar-refractivity contribution < 1.29 is 14.8 Å². The zero-order valence-corrected chi connectivity index (χ0v) is 11.2. The molecule has 0 saturated heterocycles. The number of aliphatic hydroxyl groups excluding tert-OH is 1. The Bertz CT molecular complexity index is 656. The maximum Gasteiger partial charge on any atom is 0.276 e. The number of aromatic nitrogens is 1. The van der Waals surface area contributed by atoms with Gasteiger partial charge in [-0.3, -0.25) is 10.1 Å². The molecule has 0 fully saturated rings. The monoisotopic (exact) mass is 274 g/mol. The third kappa shape index (κ3) is 2.75. The van der Waals surface area contributed by atoms with E-state index in [2.05, 4.69) is 4.98 Å². The molecule has 104 valence electrons. The number of aryl methyl sites for hydroxylation is 1. The van der Waals surface area contributed by atoms with Gasteiger partial charge in [-0.05, 0) is 31.5 Å². The molecule has 0 aliphatic rings. The van der Waals surface area contributed by atoms with E-state index in [0.29, 0.717) is 22.8 Å². The molecule has 0 atom stereocenters. The molecule has 0 radical (unpaired) electrons. The second-order valence-corrected chi connectivity index (χ2v) is 4.38. The van der Waals surface area contributed by atoms with E-state index in [4.69, 9.17) is 9.84 Å². The molecule has 1 heterocycles. The first-order valence-electron chi connectivity index (χ1n) is 6.01. The fraction of sp³-hybridized carbons (Fsp3) is 0.214. The van der Waals surface area contributed by atoms with Crippen molar-refractivity contribution >= 4 is 5.69 Å². The summed E-state index contributed by atoms with van der Waals surface area (Å²) in [4.78, 5) is 14.5. The number of aliphatic hydroxyl groups is 1. The lowest BCUT2D eigenvalue weighted by atomic mass is 10.2. The highest BCUT2D eigenvalue weighted by Gasteiger charge is 2.15. The van der Waals surface area contributed by atoms with E-state index >= 15 is 0 Å². The molecule has 0 spiro atoms. The topological polar surface area (TPSA) is 85.5 Å². The van der Waals surface area contributed by atoms with E-state index in [1.54, 1.807) is 32.0 Å². The predicted molar refractivity (Wildman–Crippen MR) is 72.8 cm³/mol. The lowest BCUT2D eigenvalue weighted by molar-refractivity contribution is -0.385. The summed E-state index contributed by atoms with van der Waals surface area (Å²) in [6.07, 6.45) is 1.51. The number of hydrogen-bond donors (Lipinski definition) is 1. The maximum atomic E-state index is 10.9. The second-order valence-electron chi connectivity index (χ2n) is 4.38. The van der Waals surface area contributed by atoms with Crippen molar-refractivity contribution in [3.05, 3.63) is 57.3 Å². The second kappa shape index (κ2) is 5.66. The van der Waals surface area contributed by atoms with Crippen molar-refractivity contribution in [1.82, 2.24) is 4.98 Å². The Labute approximate surface area is 115 Å². The molecule has 0 bridgehead atoms. The van der Waals surface area contributed by atoms with E-state index < -0.39 is 4.92 Å². The normalized spacial score (nSPS) is 10.3. The van der Waals surface area contributed by atoms with Gasteiger partial charge in [-0.25, -0.2) is 4.98 Å². The van der Waals surface area contributed by atoms with Crippen molar-refractivity contribution in [2.24, 2.45) is 0 Å². The van der Waals surface area contributed by atoms with Crippen LogP contribution in [-0.2, 0) is 6.61 Å². The number of nitro groups is 1. The molecular weight excluding hydrogens is 260 g/mol. The molecule has 0 unspecified atom stereocenters. The zero-order valence-electron chi connectivity index (χ0n) is 11.2. The molecule has 1 aromatic heterocycles. The van der Waals surface area contributed by atoms with Crippen molar-refractivity contribution in [2.45, 2.75) is 20.5 Å². The summed E-state index contributed by atoms with van der Waals surface area (Å²) in [5, 5.41) is 19.9. The van der Waals surface area contributed by atoms with Crippen LogP contribution < -0.4 is 4.74 Å². The largest absolute Gasteiger partial charge is 0.438 e. The molecule has 0 saturated carbocycles. The summed E-state index contributed by atoms with van der Waals surface area (Å²) in [7, 11) is 0. The molecule has 6 nitrogen and oxygen atoms in total. The first-order chi connectivity index (χ1) is 9.52. The molecule has 20 heavy (non-hydrogen) atoms. The van der Waals surface area contributed by atoms with Crippen molar-refractivity contribution in [1.29, 1.82) is 0 Å². The SMILES string of the molecule is Cc1cc(CO)cnc1Oc1cccc([N+](=O)[O-])c1C. The average molecular weight is 274 g/mol. The number of pyridine rings is 1. The van der Waals surface area contributed by atoms with Crippen LogP contribution in [0, 0.1) is 24.0 Å². The summed E-state index contributed by atoms with van der Waals surface area (Å²) in [6.45, 7) is 3.34. The van der Waals surface area contributed by atoms with Gasteiger partial charge < -0.3 is 9.84 Å². The van der Waals surface area contributed by atoms with Crippen molar-refractivity contribution in [2.75, 3.05) is 0 Å². The zero-order chi connectivity index (χ0) is 14.7. The first kappa shape index (κ1) is 14.0. The summed E-state index contributed by atoms with van der Waals surface area (Å²) >= 11 is 0. The van der Waals surface area contributed by atoms with Crippen LogP contribution in [0.5, 0.6) is 11.6 Å². The van der Waals surface area contributed by atoms with Crippen LogP contribution in [0.4, 0.5) is 5.69 Å². The van der Waals surface area contributed by atoms with Gasteiger partial charge in [0.25, 0.3) is 5.69 Å². The highest BCUT2D eigenvalue weighted by molar-refractivity contribution is 5.49. The Morgan fingerprint density at radius 2 is 2.15 bits per heavy atom. The molecule has 6 heteroatoms. The van der Waals surface area contributed by atoms with Crippen molar-refractivity contribution in [3.63, 3.8) is 0 Å². The summed E-state index contributed by atoms with van der Waals surface area (Å²) in [5.74, 6) is 0.761. The van der Waals surface area contributed by atoms with Gasteiger partial charge >= 0.3 is 0 Å². The van der Waals surface area contributed by atoms with E-state index in [1.165, 1.54) is 12.3 Å². The maximum absolute atomic E-state index is 10.9. The van der Waals surface area contributed by atoms with Crippen LogP contribution in [0.2, 0.25) is 0 Å². The lowest BCUT2D eigenvalue weighted by Gasteiger charge is -2.10. The number of nitrogens with zero attached hydrogens (tertiary/aromatic N) is 2. The third-order valence-electron chi connectivity index (χ3n) is 2.93. The van der Waals surface area contributed by atoms with E-state index in [0.717, 1.165) is 5.56 Å². The summed E-state index contributed by atoms with van der Waals surface area (Å²) in [5.41, 5.74) is 1.89. The standard InChI is InChI=1S/C14H14N2O4/c1-9-6-11(8-17)7-15-14(9)20-13-5-3-4-12(10(13)2)16(18)19/h3-7,17H,8H2,1-2H3. The van der Waals surface area contributed by atoms with Gasteiger partial charge in [-0.2, -0.15) is 0 Å². The van der Waals surface area contributed by atoms with Crippen LogP contribution in [0.3, 0.4) is 0 Å². The van der Waals surface area contributed by atoms with Crippen LogP contribution in [0.15, 0.2) is 30.5 Å². The highest BCUT2D eigenvalue weighted by Crippen LogP contribution is 2.31. The molecule has 2 aromatic rings. The van der Waals surface area contributed by atoms with Crippen molar-refractivity contribution in [3.8, 4) is 11.6 Å². The molecule has 2 rings (SSSR count). The lowest BCUT2D eigenvalue weighted by Crippen LogP contribution is -1.97. The summed E-state index contributed by atoms with van der Waals surface area (Å²) < 4.78 is 5.63. The van der Waals surface area contributed by atoms with Gasteiger partial charge in [0.05, 0.1) is 17.1 Å². The Morgan fingerprint density at radius 1 is 1.40 bits per heavy atom. The number of rotatable bonds is 4. The minimum atomic E-state index is -0.447. The Balaban J connectivity index is 2.35. The Morgan fingerprint density at radius 3 is 2.75 bits per heavy atom. The predicted octanol–water partition coefficient (Wildman–Crippen LogP) is 2.89. The highest BCUT2D eigenvalue weighted by atomic mass is 16.6. The third-order valence-corrected chi connectivity index (χ3v) is 2.93. The molecule has 1 N–H and O–H groups in total. The van der Waals surface area contributed by atoms with Gasteiger partial charge in [0, 0.05) is 17.8 Å². The Hall–Kier alpha value is -2.47. The van der Waals surface area contributed by atoms with Gasteiger partial charge in [0.2, 0.25) is 5.88 Å². The molecule has 1 aromatic carbocycles. The average Bonchev–Trinajstić information content (AvgIpc) is 2.42. The number of hydrogen-bond acceptors (Lipinski definition) is 5. The number of nitro benzene ring substituents is 1. The fourth-order valence-corrected chi connectivity index (χ4v) is 1.83. The first-order valence-corrected chi connectivity index (χ1v) is 6.01. The minimum Gasteiger partial charge on any atom is -0.438 e. The quantitative estimate of drug-likeness (QED) is 0.684. The molecule has 0 amide bonds. The smallest absolute Gasteiger partial charge is 0.276 e. The van der Waals surface area contributed by atoms with E-state index in [-0.39, 0.29) is 12.3 Å². The summed E-state index contributed by atoms with van der Waals surface area (Å²) in [6, 6.07) is 6.41. The van der Waals surface area contributed by atoms with Crippen LogP contribution in [0.25, 0.3) is 0 Å². The van der Waals surface area contributed by atoms with Crippen LogP contribution in [-0.4, -0.2) is 15.0 Å². The molecular formula is C14H14N2O4. The number of benzene rings is 1. The Kier molecular flexibility index (Phi) is 3.95. The van der Waals surface area contributed by atoms with Gasteiger partial charge in [-0.15, -0.1) is 0 Å². The minimum absolute atomic E-state index is 0.00660. The van der Waals surface area contributed by atoms with Gasteiger partial charge in [0.15, 0.2) is 0 Å². The fourth-order valence-electron chi connectivity index (χ4n) is 1.83. The van der Waals surface area contributed by atoms with Gasteiger partial charge in [0.1, 0.15) is 5.75 Å². The molecule has 0 aliphatic carbocycles. The molecule has 0 aliphatic heterocycles. The number of ether oxygens (including phenoxy) is 1. The van der Waals surface area contributed by atoms with Crippen LogP contribution >= 0.6 is 0 Å². The van der Waals surface area contributed by atoms with Crippen LogP contribution in [0.1, 0.15) is 16.7 Å². The van der Waals surface area contributed by atoms with E-state index in [1.807, 2.05) is 0 Å². The van der Waals surface area contributed by atoms with Gasteiger partial charge in [-0.1, -0.05) is 6.07 Å².